The maximum Gasteiger partial charge on any atom is 0.336 e. The summed E-state index contributed by atoms with van der Waals surface area (Å²) in [5.41, 5.74) is 2.52. The zero-order chi connectivity index (χ0) is 34.2. The molecule has 1 unspecified atom stereocenters. The lowest BCUT2D eigenvalue weighted by atomic mass is 9.84. The molecule has 248 valence electrons. The molecule has 0 spiro atoms. The molecule has 3 aromatic carbocycles. The van der Waals surface area contributed by atoms with E-state index in [0.29, 0.717) is 17.3 Å². The van der Waals surface area contributed by atoms with Gasteiger partial charge >= 0.3 is 11.4 Å². The normalized spacial score (nSPS) is 20.8. The lowest BCUT2D eigenvalue weighted by Crippen LogP contribution is -2.68. The molecular weight excluding hydrogens is 645 g/mol. The molecule has 0 aliphatic carbocycles. The van der Waals surface area contributed by atoms with Crippen LogP contribution in [-0.4, -0.2) is 54.0 Å². The fourth-order valence-electron chi connectivity index (χ4n) is 5.90. The van der Waals surface area contributed by atoms with Crippen LogP contribution in [0.2, 0.25) is 0 Å². The fourth-order valence-corrected chi connectivity index (χ4v) is 9.27. The minimum atomic E-state index is -0.839. The quantitative estimate of drug-likeness (QED) is 0.181. The second-order valence-corrected chi connectivity index (χ2v) is 15.8. The molecule has 2 aliphatic rings. The topological polar surface area (TPSA) is 104 Å². The van der Waals surface area contributed by atoms with E-state index in [0.717, 1.165) is 22.3 Å². The van der Waals surface area contributed by atoms with Crippen LogP contribution in [0.5, 0.6) is 5.88 Å². The standard InChI is InChI=1S/C37H38N4O5S2/c1-23-27(30(42)36(2,3)4)41-33(44)29(45-6)34(41)47-37(23,22-24-16-10-7-11-17-24)48-35-38-31(43)32(39-40(35)5)46-28(25-18-12-8-13-19-25)26-20-14-9-15-21-26/h7-21,28-29,34H,22H2,1-6H3/t29-,34-,37?/m0/s1. The number of hydrogen-bond acceptors (Lipinski definition) is 9. The number of β-lactam (4-membered cyclic amide) rings is 1. The molecule has 1 amide bonds. The first-order valence-corrected chi connectivity index (χ1v) is 17.4. The largest absolute Gasteiger partial charge is 0.460 e. The lowest BCUT2D eigenvalue weighted by Gasteiger charge is -2.55. The van der Waals surface area contributed by atoms with Gasteiger partial charge in [0.2, 0.25) is 0 Å². The number of ketones is 1. The zero-order valence-corrected chi connectivity index (χ0v) is 29.4. The van der Waals surface area contributed by atoms with Crippen molar-refractivity contribution in [2.24, 2.45) is 12.5 Å². The Balaban J connectivity index is 1.44. The number of ether oxygens (including phenoxy) is 2. The maximum absolute atomic E-state index is 14.0. The van der Waals surface area contributed by atoms with Crippen molar-refractivity contribution >= 4 is 35.2 Å². The number of nitrogens with zero attached hydrogens (tertiary/aromatic N) is 4. The number of hydrogen-bond donors (Lipinski definition) is 0. The first-order chi connectivity index (χ1) is 22.9. The van der Waals surface area contributed by atoms with E-state index < -0.39 is 32.6 Å². The van der Waals surface area contributed by atoms with Gasteiger partial charge in [0.05, 0.1) is 9.78 Å². The van der Waals surface area contributed by atoms with Crippen molar-refractivity contribution in [3.05, 3.63) is 129 Å². The van der Waals surface area contributed by atoms with Gasteiger partial charge in [0.1, 0.15) is 5.37 Å². The van der Waals surface area contributed by atoms with Crippen LogP contribution in [0.4, 0.5) is 0 Å². The highest BCUT2D eigenvalue weighted by molar-refractivity contribution is 8.18. The Bertz CT molecular complexity index is 1870. The summed E-state index contributed by atoms with van der Waals surface area (Å²) < 4.78 is 12.6. The van der Waals surface area contributed by atoms with Gasteiger partial charge in [-0.3, -0.25) is 19.3 Å². The molecule has 0 radical (unpaired) electrons. The van der Waals surface area contributed by atoms with Crippen LogP contribution in [0.25, 0.3) is 0 Å². The van der Waals surface area contributed by atoms with Gasteiger partial charge in [-0.1, -0.05) is 124 Å². The Morgan fingerprint density at radius 2 is 1.52 bits per heavy atom. The summed E-state index contributed by atoms with van der Waals surface area (Å²) in [6, 6.07) is 29.3. The highest BCUT2D eigenvalue weighted by Crippen LogP contribution is 2.59. The van der Waals surface area contributed by atoms with E-state index in [1.165, 1.54) is 30.6 Å². The second-order valence-electron chi connectivity index (χ2n) is 12.9. The molecule has 9 nitrogen and oxygen atoms in total. The molecule has 0 saturated carbocycles. The first-order valence-electron chi connectivity index (χ1n) is 15.7. The second kappa shape index (κ2) is 13.4. The predicted molar refractivity (Wildman–Crippen MR) is 188 cm³/mol. The maximum atomic E-state index is 14.0. The molecular formula is C37H38N4O5S2. The van der Waals surface area contributed by atoms with Crippen molar-refractivity contribution in [1.29, 1.82) is 0 Å². The van der Waals surface area contributed by atoms with Gasteiger partial charge in [-0.15, -0.1) is 16.9 Å². The third kappa shape index (κ3) is 6.34. The van der Waals surface area contributed by atoms with E-state index >= 15 is 0 Å². The summed E-state index contributed by atoms with van der Waals surface area (Å²) in [5.74, 6) is -0.498. The van der Waals surface area contributed by atoms with Crippen LogP contribution < -0.4 is 10.3 Å². The minimum absolute atomic E-state index is 0.126. The highest BCUT2D eigenvalue weighted by Gasteiger charge is 2.60. The Labute approximate surface area is 288 Å². The molecule has 2 aliphatic heterocycles. The van der Waals surface area contributed by atoms with Crippen molar-refractivity contribution in [2.75, 3.05) is 7.11 Å². The Hall–Kier alpha value is -4.19. The summed E-state index contributed by atoms with van der Waals surface area (Å²) in [6.07, 6.45) is -0.793. The average molecular weight is 683 g/mol. The van der Waals surface area contributed by atoms with E-state index in [1.807, 2.05) is 119 Å². The predicted octanol–water partition coefficient (Wildman–Crippen LogP) is 6.19. The number of rotatable bonds is 10. The molecule has 1 aromatic heterocycles. The number of carbonyl (C=O) groups is 2. The third-order valence-corrected chi connectivity index (χ3v) is 11.9. The van der Waals surface area contributed by atoms with E-state index in [4.69, 9.17) is 9.47 Å². The van der Waals surface area contributed by atoms with Gasteiger partial charge in [0.25, 0.3) is 5.91 Å². The minimum Gasteiger partial charge on any atom is -0.460 e. The fraction of sp³-hybridized carbons (Fsp3) is 0.324. The van der Waals surface area contributed by atoms with Crippen LogP contribution >= 0.6 is 23.5 Å². The van der Waals surface area contributed by atoms with Gasteiger partial charge in [0, 0.05) is 26.0 Å². The number of methoxy groups -OCH3 is 1. The van der Waals surface area contributed by atoms with Crippen LogP contribution in [0.3, 0.4) is 0 Å². The SMILES string of the molecule is CO[C@H]1C(=O)N2C(C(=O)C(C)(C)C)=C(C)C(Cc3ccccc3)(Sc3nc(=O)c(OC(c4ccccc4)c4ccccc4)nn3C)S[C@@H]12. The molecule has 0 bridgehead atoms. The molecule has 11 heteroatoms. The molecule has 1 fully saturated rings. The number of amides is 1. The Morgan fingerprint density at radius 1 is 0.958 bits per heavy atom. The third-order valence-electron chi connectivity index (χ3n) is 8.49. The molecule has 6 rings (SSSR count). The van der Waals surface area contributed by atoms with E-state index in [9.17, 15) is 14.4 Å². The molecule has 0 N–H and O–H groups in total. The number of aromatic nitrogens is 3. The van der Waals surface area contributed by atoms with Crippen LogP contribution in [-0.2, 0) is 27.8 Å². The summed E-state index contributed by atoms with van der Waals surface area (Å²) in [6.45, 7) is 7.45. The number of Topliss-reactive ketones (excluding diaryl/α,β-unsaturated/α-hetero) is 1. The Kier molecular flexibility index (Phi) is 9.39. The Morgan fingerprint density at radius 3 is 2.06 bits per heavy atom. The van der Waals surface area contributed by atoms with Crippen molar-refractivity contribution in [2.45, 2.75) is 60.9 Å². The van der Waals surface area contributed by atoms with Gasteiger partial charge in [0.15, 0.2) is 23.1 Å². The monoisotopic (exact) mass is 682 g/mol. The summed E-state index contributed by atoms with van der Waals surface area (Å²) >= 11 is 2.89. The zero-order valence-electron chi connectivity index (χ0n) is 27.7. The molecule has 3 heterocycles. The van der Waals surface area contributed by atoms with Crippen LogP contribution in [0.15, 0.2) is 112 Å². The van der Waals surface area contributed by atoms with Crippen molar-refractivity contribution in [3.8, 4) is 5.88 Å². The smallest absolute Gasteiger partial charge is 0.336 e. The van der Waals surface area contributed by atoms with Crippen molar-refractivity contribution < 1.29 is 19.1 Å². The molecule has 4 aromatic rings. The summed E-state index contributed by atoms with van der Waals surface area (Å²) in [7, 11) is 3.23. The summed E-state index contributed by atoms with van der Waals surface area (Å²) in [5, 5.41) is 4.51. The van der Waals surface area contributed by atoms with Crippen LogP contribution in [0.1, 0.15) is 50.5 Å². The molecule has 1 saturated heterocycles. The number of carbonyl (C=O) groups excluding carboxylic acids is 2. The number of fused-ring (bicyclic) bond motifs is 1. The number of aryl methyl sites for hydroxylation is 1. The number of thioether (sulfide) groups is 2. The molecule has 48 heavy (non-hydrogen) atoms. The average Bonchev–Trinajstić information content (AvgIpc) is 3.07. The van der Waals surface area contributed by atoms with Gasteiger partial charge in [-0.25, -0.2) is 4.68 Å². The van der Waals surface area contributed by atoms with Crippen LogP contribution in [0, 0.1) is 5.41 Å². The number of benzene rings is 3. The number of allylic oxidation sites excluding steroid dienone is 1. The van der Waals surface area contributed by atoms with E-state index in [-0.39, 0.29) is 17.6 Å². The van der Waals surface area contributed by atoms with Crippen molar-refractivity contribution in [1.82, 2.24) is 19.7 Å². The van der Waals surface area contributed by atoms with Gasteiger partial charge < -0.3 is 9.47 Å². The van der Waals surface area contributed by atoms with Gasteiger partial charge in [-0.05, 0) is 29.2 Å². The van der Waals surface area contributed by atoms with Crippen molar-refractivity contribution in [3.63, 3.8) is 0 Å². The van der Waals surface area contributed by atoms with E-state index in [2.05, 4.69) is 10.1 Å². The summed E-state index contributed by atoms with van der Waals surface area (Å²) in [4.78, 5) is 47.1. The highest BCUT2D eigenvalue weighted by atomic mass is 32.2. The molecule has 3 atom stereocenters. The van der Waals surface area contributed by atoms with Gasteiger partial charge in [-0.2, -0.15) is 4.98 Å². The first kappa shape index (κ1) is 33.7. The van der Waals surface area contributed by atoms with E-state index in [1.54, 1.807) is 16.6 Å². The lowest BCUT2D eigenvalue weighted by molar-refractivity contribution is -0.160.